The normalized spacial score (nSPS) is 15.5. The first-order valence-electron chi connectivity index (χ1n) is 13.4. The minimum atomic E-state index is -3.84. The fraction of sp³-hybridized carbons (Fsp3) is 0.923. The molecule has 0 rings (SSSR count). The second-order valence-corrected chi connectivity index (χ2v) is 21.8. The zero-order valence-electron chi connectivity index (χ0n) is 22.8. The van der Waals surface area contributed by atoms with Gasteiger partial charge in [0.15, 0.2) is 0 Å². The third kappa shape index (κ3) is 11.8. The van der Waals surface area contributed by atoms with Crippen molar-refractivity contribution in [1.29, 1.82) is 0 Å². The van der Waals surface area contributed by atoms with Gasteiger partial charge >= 0.3 is 220 Å². The van der Waals surface area contributed by atoms with Crippen molar-refractivity contribution in [3.05, 3.63) is 0 Å². The van der Waals surface area contributed by atoms with Crippen molar-refractivity contribution in [3.8, 4) is 0 Å². The Bertz CT molecular complexity index is 512. The van der Waals surface area contributed by atoms with Crippen LogP contribution in [0.5, 0.6) is 0 Å². The zero-order valence-corrected chi connectivity index (χ0v) is 27.3. The first-order valence-corrected chi connectivity index (χ1v) is 23.4. The summed E-state index contributed by atoms with van der Waals surface area (Å²) < 4.78 is 11.2. The van der Waals surface area contributed by atoms with Gasteiger partial charge in [0.2, 0.25) is 0 Å². The number of thioether (sulfide) groups is 2. The fourth-order valence-corrected chi connectivity index (χ4v) is 10.8. The van der Waals surface area contributed by atoms with Gasteiger partial charge in [0.05, 0.1) is 0 Å². The van der Waals surface area contributed by atoms with E-state index in [1.54, 1.807) is 23.5 Å². The van der Waals surface area contributed by atoms with E-state index in [1.807, 2.05) is 9.88 Å². The van der Waals surface area contributed by atoms with E-state index in [1.165, 1.54) is 25.7 Å². The van der Waals surface area contributed by atoms with E-state index in [9.17, 15) is 9.59 Å². The van der Waals surface area contributed by atoms with Crippen molar-refractivity contribution in [2.75, 3.05) is 11.5 Å². The van der Waals surface area contributed by atoms with E-state index < -0.39 is 28.7 Å². The quantitative estimate of drug-likeness (QED) is 0.102. The Morgan fingerprint density at radius 2 is 1.00 bits per heavy atom. The summed E-state index contributed by atoms with van der Waals surface area (Å²) >= 11 is -0.442. The summed E-state index contributed by atoms with van der Waals surface area (Å²) in [4.78, 5) is 30.7. The van der Waals surface area contributed by atoms with Gasteiger partial charge < -0.3 is 0 Å². The summed E-state index contributed by atoms with van der Waals surface area (Å²) in [7, 11) is 0. The first kappa shape index (κ1) is 33.4. The van der Waals surface area contributed by atoms with Crippen LogP contribution in [-0.4, -0.2) is 52.1 Å². The summed E-state index contributed by atoms with van der Waals surface area (Å²) in [5.41, 5.74) is 0. The third-order valence-electron chi connectivity index (χ3n) is 6.27. The molecule has 2 unspecified atom stereocenters. The first-order chi connectivity index (χ1) is 15.6. The van der Waals surface area contributed by atoms with Gasteiger partial charge in [0.1, 0.15) is 0 Å². The molecule has 2 atom stereocenters. The number of unbranched alkanes of at least 4 members (excludes halogenated alkanes) is 6. The Labute approximate surface area is 218 Å². The molecule has 0 N–H and O–H groups in total. The second-order valence-electron chi connectivity index (χ2n) is 9.36. The monoisotopic (exact) mass is 612 g/mol. The molecule has 0 bridgehead atoms. The van der Waals surface area contributed by atoms with Crippen molar-refractivity contribution in [1.82, 2.24) is 0 Å². The molecule has 0 aromatic heterocycles. The summed E-state index contributed by atoms with van der Waals surface area (Å²) in [6, 6.07) is 0. The maximum atomic E-state index is 13.4. The van der Waals surface area contributed by atoms with E-state index in [-0.39, 0.29) is 11.9 Å². The molecule has 7 heteroatoms. The average Bonchev–Trinajstić information content (AvgIpc) is 2.77. The van der Waals surface area contributed by atoms with Crippen LogP contribution in [0.25, 0.3) is 0 Å². The van der Waals surface area contributed by atoms with Gasteiger partial charge in [-0.1, -0.05) is 0 Å². The van der Waals surface area contributed by atoms with Crippen LogP contribution >= 0.6 is 23.5 Å². The second kappa shape index (κ2) is 17.8. The SMILES string of the molecule is CCCCCCC(CC)(SCC)C(=O)[O][Sn]([CH3])([CH3])[O]C(=O)C(CC)(CCCCCC)SCC. The third-order valence-corrected chi connectivity index (χ3v) is 13.1. The fourth-order valence-electron chi connectivity index (χ4n) is 4.19. The molecule has 0 fully saturated rings. The van der Waals surface area contributed by atoms with Crippen molar-refractivity contribution in [3.63, 3.8) is 0 Å². The van der Waals surface area contributed by atoms with Crippen LogP contribution in [-0.2, 0) is 15.7 Å². The predicted octanol–water partition coefficient (Wildman–Crippen LogP) is 8.52. The molecule has 0 aliphatic carbocycles. The number of rotatable bonds is 20. The Kier molecular flexibility index (Phi) is 18.0. The predicted molar refractivity (Wildman–Crippen MR) is 149 cm³/mol. The van der Waals surface area contributed by atoms with Crippen LogP contribution in [0.2, 0.25) is 9.88 Å². The molecule has 0 aliphatic heterocycles. The van der Waals surface area contributed by atoms with Gasteiger partial charge in [0, 0.05) is 0 Å². The molecule has 0 radical (unpaired) electrons. The van der Waals surface area contributed by atoms with Gasteiger partial charge in [-0.2, -0.15) is 0 Å². The molecule has 0 aliphatic rings. The molecule has 0 saturated carbocycles. The summed E-state index contributed by atoms with van der Waals surface area (Å²) in [6.07, 6.45) is 12.2. The standard InChI is InChI=1S/2C12H24O2S.2CH3.Sn/c2*1-4-7-8-9-10-12(5-2,11(13)14)15-6-3;;;/h2*4-10H2,1-3H3,(H,13,14);2*1H3;/q;;;;+2/p-2. The summed E-state index contributed by atoms with van der Waals surface area (Å²) in [5.74, 6) is 1.43. The van der Waals surface area contributed by atoms with Gasteiger partial charge in [-0.05, 0) is 0 Å². The Morgan fingerprint density at radius 1 is 0.636 bits per heavy atom. The van der Waals surface area contributed by atoms with Crippen LogP contribution in [0.4, 0.5) is 0 Å². The van der Waals surface area contributed by atoms with Crippen molar-refractivity contribution >= 4 is 54.7 Å². The molecule has 0 amide bonds. The summed E-state index contributed by atoms with van der Waals surface area (Å²) in [6.45, 7) is 12.7. The molecule has 196 valence electrons. The number of carbonyl (C=O) groups excluding carboxylic acids is 2. The molecule has 0 aromatic carbocycles. The molecular weight excluding hydrogens is 559 g/mol. The molecule has 4 nitrogen and oxygen atoms in total. The van der Waals surface area contributed by atoms with Crippen molar-refractivity contribution in [2.45, 2.75) is 138 Å². The van der Waals surface area contributed by atoms with Crippen molar-refractivity contribution < 1.29 is 15.7 Å². The number of hydrogen-bond donors (Lipinski definition) is 0. The van der Waals surface area contributed by atoms with Crippen LogP contribution in [0.1, 0.15) is 119 Å². The molecule has 0 heterocycles. The molecule has 0 aromatic rings. The van der Waals surface area contributed by atoms with Gasteiger partial charge in [-0.25, -0.2) is 0 Å². The maximum absolute atomic E-state index is 13.4. The Balaban J connectivity index is 5.40. The van der Waals surface area contributed by atoms with Crippen LogP contribution in [0.15, 0.2) is 0 Å². The molecule has 0 saturated heterocycles. The van der Waals surface area contributed by atoms with Gasteiger partial charge in [-0.15, -0.1) is 0 Å². The Morgan fingerprint density at radius 3 is 1.27 bits per heavy atom. The van der Waals surface area contributed by atoms with Crippen LogP contribution < -0.4 is 0 Å². The van der Waals surface area contributed by atoms with Crippen molar-refractivity contribution in [2.24, 2.45) is 0 Å². The zero-order chi connectivity index (χ0) is 25.4. The van der Waals surface area contributed by atoms with Gasteiger partial charge in [-0.3, -0.25) is 0 Å². The number of hydrogen-bond acceptors (Lipinski definition) is 6. The van der Waals surface area contributed by atoms with E-state index >= 15 is 0 Å². The van der Waals surface area contributed by atoms with Crippen LogP contribution in [0.3, 0.4) is 0 Å². The van der Waals surface area contributed by atoms with E-state index in [4.69, 9.17) is 6.15 Å². The van der Waals surface area contributed by atoms with E-state index in [0.29, 0.717) is 0 Å². The number of carbonyl (C=O) groups is 2. The molecule has 33 heavy (non-hydrogen) atoms. The molecule has 0 spiro atoms. The topological polar surface area (TPSA) is 52.6 Å². The molecular formula is C26H52O4S2Sn. The minimum absolute atomic E-state index is 0.157. The van der Waals surface area contributed by atoms with E-state index in [2.05, 4.69) is 41.5 Å². The van der Waals surface area contributed by atoms with Crippen LogP contribution in [0, 0.1) is 0 Å². The summed E-state index contributed by atoms with van der Waals surface area (Å²) in [5, 5.41) is 0. The Hall–Kier alpha value is 0.439. The average molecular weight is 612 g/mol. The van der Waals surface area contributed by atoms with Gasteiger partial charge in [0.25, 0.3) is 0 Å². The van der Waals surface area contributed by atoms with E-state index in [0.717, 1.165) is 62.9 Å².